The molecule has 1 N–H and O–H groups in total. The molecule has 1 amide bonds. The van der Waals surface area contributed by atoms with Crippen LogP contribution in [0.15, 0.2) is 59.2 Å². The van der Waals surface area contributed by atoms with Crippen molar-refractivity contribution in [2.24, 2.45) is 0 Å². The maximum absolute atomic E-state index is 12.7. The fraction of sp³-hybridized carbons (Fsp3) is 0.263. The molecule has 148 valence electrons. The van der Waals surface area contributed by atoms with Gasteiger partial charge in [-0.2, -0.15) is 18.3 Å². The molecule has 0 aliphatic carbocycles. The number of nitrogens with zero attached hydrogens (tertiary/aromatic N) is 2. The molecule has 0 aliphatic rings. The third-order valence-corrected chi connectivity index (χ3v) is 3.73. The maximum atomic E-state index is 12.7. The Labute approximate surface area is 158 Å². The molecule has 28 heavy (non-hydrogen) atoms. The normalized spacial score (nSPS) is 12.7. The van der Waals surface area contributed by atoms with Gasteiger partial charge in [-0.3, -0.25) is 4.79 Å². The summed E-state index contributed by atoms with van der Waals surface area (Å²) in [5.41, 5.74) is 1.34. The third-order valence-electron chi connectivity index (χ3n) is 3.73. The molecule has 3 aromatic rings. The van der Waals surface area contributed by atoms with Crippen LogP contribution in [0.25, 0.3) is 17.1 Å². The van der Waals surface area contributed by atoms with Gasteiger partial charge in [-0.15, -0.1) is 0 Å². The van der Waals surface area contributed by atoms with Crippen molar-refractivity contribution in [2.45, 2.75) is 19.1 Å². The third kappa shape index (κ3) is 5.01. The Morgan fingerprint density at radius 2 is 2.00 bits per heavy atom. The van der Waals surface area contributed by atoms with Gasteiger partial charge in [0.1, 0.15) is 18.0 Å². The number of hydrogen-bond donors (Lipinski definition) is 1. The zero-order valence-electron chi connectivity index (χ0n) is 14.9. The van der Waals surface area contributed by atoms with E-state index in [-0.39, 0.29) is 12.3 Å². The lowest BCUT2D eigenvalue weighted by Gasteiger charge is -2.15. The zero-order valence-corrected chi connectivity index (χ0v) is 14.9. The van der Waals surface area contributed by atoms with Crippen LogP contribution in [0, 0.1) is 0 Å². The molecule has 1 unspecified atom stereocenters. The minimum absolute atomic E-state index is 0.222. The molecule has 0 spiro atoms. The number of carbonyl (C=O) groups excluding carboxylic acids is 1. The molecule has 1 aromatic carbocycles. The summed E-state index contributed by atoms with van der Waals surface area (Å²) in [5.74, 6) is 0.00237. The van der Waals surface area contributed by atoms with Crippen molar-refractivity contribution in [3.63, 3.8) is 0 Å². The minimum Gasteiger partial charge on any atom is -0.463 e. The van der Waals surface area contributed by atoms with Crippen molar-refractivity contribution >= 4 is 5.91 Å². The van der Waals surface area contributed by atoms with Crippen LogP contribution >= 0.6 is 0 Å². The number of ether oxygens (including phenoxy) is 1. The van der Waals surface area contributed by atoms with Gasteiger partial charge in [-0.1, -0.05) is 18.2 Å². The van der Waals surface area contributed by atoms with Crippen LogP contribution in [-0.2, 0) is 4.74 Å². The maximum Gasteiger partial charge on any atom is 0.411 e. The number of carbonyl (C=O) groups is 1. The number of nitrogens with one attached hydrogen (secondary N) is 1. The van der Waals surface area contributed by atoms with Crippen LogP contribution in [-0.4, -0.2) is 41.1 Å². The lowest BCUT2D eigenvalue weighted by molar-refractivity contribution is -0.174. The van der Waals surface area contributed by atoms with Gasteiger partial charge in [0.15, 0.2) is 5.76 Å². The van der Waals surface area contributed by atoms with Crippen molar-refractivity contribution in [1.29, 1.82) is 0 Å². The summed E-state index contributed by atoms with van der Waals surface area (Å²) in [7, 11) is 0. The Morgan fingerprint density at radius 3 is 2.64 bits per heavy atom. The lowest BCUT2D eigenvalue weighted by Crippen LogP contribution is -2.37. The Kier molecular flexibility index (Phi) is 5.84. The molecule has 6 nitrogen and oxygen atoms in total. The van der Waals surface area contributed by atoms with Gasteiger partial charge in [0.2, 0.25) is 0 Å². The molecule has 9 heteroatoms. The van der Waals surface area contributed by atoms with E-state index in [1.54, 1.807) is 49.4 Å². The Balaban J connectivity index is 1.78. The van der Waals surface area contributed by atoms with Gasteiger partial charge >= 0.3 is 6.18 Å². The molecule has 0 bridgehead atoms. The average Bonchev–Trinajstić information content (AvgIpc) is 3.31. The molecule has 3 rings (SSSR count). The quantitative estimate of drug-likeness (QED) is 0.662. The summed E-state index contributed by atoms with van der Waals surface area (Å²) < 4.78 is 47.9. The van der Waals surface area contributed by atoms with Crippen molar-refractivity contribution in [2.75, 3.05) is 13.2 Å². The van der Waals surface area contributed by atoms with E-state index in [9.17, 15) is 18.0 Å². The minimum atomic E-state index is -4.41. The second-order valence-corrected chi connectivity index (χ2v) is 6.14. The molecule has 0 saturated heterocycles. The van der Waals surface area contributed by atoms with Crippen molar-refractivity contribution in [1.82, 2.24) is 15.1 Å². The van der Waals surface area contributed by atoms with Crippen LogP contribution in [0.3, 0.4) is 0 Å². The topological polar surface area (TPSA) is 69.3 Å². The van der Waals surface area contributed by atoms with E-state index in [4.69, 9.17) is 4.42 Å². The first kappa shape index (κ1) is 19.7. The van der Waals surface area contributed by atoms with Crippen LogP contribution < -0.4 is 5.32 Å². The SMILES string of the molecule is CC(COCC(F)(F)F)NC(=O)c1cc(-c2ccco2)nn1-c1ccccc1. The predicted octanol–water partition coefficient (Wildman–Crippen LogP) is 3.83. The highest BCUT2D eigenvalue weighted by Crippen LogP contribution is 2.22. The second-order valence-electron chi connectivity index (χ2n) is 6.14. The second kappa shape index (κ2) is 8.30. The zero-order chi connectivity index (χ0) is 20.1. The highest BCUT2D eigenvalue weighted by atomic mass is 19.4. The van der Waals surface area contributed by atoms with E-state index in [0.717, 1.165) is 0 Å². The molecule has 0 radical (unpaired) electrons. The summed E-state index contributed by atoms with van der Waals surface area (Å²) in [6.45, 7) is -0.0709. The van der Waals surface area contributed by atoms with Gasteiger partial charge in [-0.25, -0.2) is 4.68 Å². The number of alkyl halides is 3. The van der Waals surface area contributed by atoms with Gasteiger partial charge in [0.25, 0.3) is 5.91 Å². The van der Waals surface area contributed by atoms with E-state index >= 15 is 0 Å². The van der Waals surface area contributed by atoms with Gasteiger partial charge in [0, 0.05) is 12.1 Å². The van der Waals surface area contributed by atoms with E-state index in [1.165, 1.54) is 10.9 Å². The summed E-state index contributed by atoms with van der Waals surface area (Å²) >= 11 is 0. The Morgan fingerprint density at radius 1 is 1.25 bits per heavy atom. The van der Waals surface area contributed by atoms with Gasteiger partial charge in [-0.05, 0) is 31.2 Å². The molecule has 1 atom stereocenters. The fourth-order valence-electron chi connectivity index (χ4n) is 2.54. The molecule has 2 heterocycles. The first-order valence-electron chi connectivity index (χ1n) is 8.48. The van der Waals surface area contributed by atoms with Crippen molar-refractivity contribution in [3.05, 3.63) is 60.5 Å². The number of halogens is 3. The van der Waals surface area contributed by atoms with Gasteiger partial charge in [0.05, 0.1) is 18.6 Å². The van der Waals surface area contributed by atoms with Gasteiger partial charge < -0.3 is 14.5 Å². The van der Waals surface area contributed by atoms with Crippen molar-refractivity contribution < 1.29 is 27.1 Å². The van der Waals surface area contributed by atoms with E-state index in [0.29, 0.717) is 17.1 Å². The molecule has 2 aromatic heterocycles. The molecule has 0 aliphatic heterocycles. The Hall–Kier alpha value is -3.07. The van der Waals surface area contributed by atoms with Crippen molar-refractivity contribution in [3.8, 4) is 17.1 Å². The molecular weight excluding hydrogens is 375 g/mol. The lowest BCUT2D eigenvalue weighted by atomic mass is 10.2. The highest BCUT2D eigenvalue weighted by molar-refractivity contribution is 5.94. The largest absolute Gasteiger partial charge is 0.463 e. The van der Waals surface area contributed by atoms with Crippen LogP contribution in [0.5, 0.6) is 0 Å². The summed E-state index contributed by atoms with van der Waals surface area (Å²) in [5, 5.41) is 7.06. The predicted molar refractivity (Wildman–Crippen MR) is 95.1 cm³/mol. The highest BCUT2D eigenvalue weighted by Gasteiger charge is 2.28. The molecular formula is C19H18F3N3O3. The number of furan rings is 1. The standard InChI is InChI=1S/C19H18F3N3O3/c1-13(11-27-12-19(20,21)22)23-18(26)16-10-15(17-8-5-9-28-17)24-25(16)14-6-3-2-4-7-14/h2-10,13H,11-12H2,1H3,(H,23,26). The monoisotopic (exact) mass is 393 g/mol. The van der Waals surface area contributed by atoms with E-state index < -0.39 is 24.7 Å². The van der Waals surface area contributed by atoms with Crippen LogP contribution in [0.1, 0.15) is 17.4 Å². The number of rotatable bonds is 7. The first-order valence-corrected chi connectivity index (χ1v) is 8.48. The Bertz CT molecular complexity index is 906. The molecule has 0 fully saturated rings. The molecule has 0 saturated carbocycles. The number of hydrogen-bond acceptors (Lipinski definition) is 4. The first-order chi connectivity index (χ1) is 13.3. The number of amides is 1. The average molecular weight is 393 g/mol. The summed E-state index contributed by atoms with van der Waals surface area (Å²) in [6.07, 6.45) is -2.91. The number of aromatic nitrogens is 2. The van der Waals surface area contributed by atoms with E-state index in [2.05, 4.69) is 15.2 Å². The summed E-state index contributed by atoms with van der Waals surface area (Å²) in [4.78, 5) is 12.7. The van der Waals surface area contributed by atoms with Crippen LogP contribution in [0.4, 0.5) is 13.2 Å². The number of benzene rings is 1. The van der Waals surface area contributed by atoms with Crippen LogP contribution in [0.2, 0.25) is 0 Å². The smallest absolute Gasteiger partial charge is 0.411 e. The fourth-order valence-corrected chi connectivity index (χ4v) is 2.54. The summed E-state index contributed by atoms with van der Waals surface area (Å²) in [6, 6.07) is 13.4. The van der Waals surface area contributed by atoms with E-state index in [1.807, 2.05) is 6.07 Å². The number of para-hydroxylation sites is 1.